The van der Waals surface area contributed by atoms with E-state index in [4.69, 9.17) is 4.74 Å². The molecule has 0 spiro atoms. The lowest BCUT2D eigenvalue weighted by molar-refractivity contribution is -0.142. The second kappa shape index (κ2) is 8.25. The minimum absolute atomic E-state index is 0.00232. The van der Waals surface area contributed by atoms with E-state index in [1.165, 1.54) is 0 Å². The van der Waals surface area contributed by atoms with Crippen LogP contribution in [0.5, 0.6) is 0 Å². The molecule has 0 saturated heterocycles. The molecule has 1 aromatic heterocycles. The highest BCUT2D eigenvalue weighted by atomic mass is 79.9. The van der Waals surface area contributed by atoms with Crippen molar-refractivity contribution in [1.29, 1.82) is 0 Å². The first kappa shape index (κ1) is 16.1. The van der Waals surface area contributed by atoms with Crippen LogP contribution in [-0.4, -0.2) is 23.5 Å². The average Bonchev–Trinajstić information content (AvgIpc) is 2.37. The summed E-state index contributed by atoms with van der Waals surface area (Å²) in [5.41, 5.74) is 1.42. The summed E-state index contributed by atoms with van der Waals surface area (Å²) in [5, 5.41) is 0. The van der Waals surface area contributed by atoms with E-state index in [1.54, 1.807) is 19.3 Å². The molecular weight excluding hydrogens is 378 g/mol. The third-order valence-electron chi connectivity index (χ3n) is 2.44. The van der Waals surface area contributed by atoms with E-state index in [1.807, 2.05) is 5.94 Å². The van der Waals surface area contributed by atoms with Gasteiger partial charge in [-0.2, -0.15) is 0 Å². The van der Waals surface area contributed by atoms with Gasteiger partial charge in [-0.05, 0) is 57.2 Å². The maximum atomic E-state index is 11.3. The minimum Gasteiger partial charge on any atom is -0.466 e. The number of pyridine rings is 1. The molecule has 1 aromatic rings. The summed E-state index contributed by atoms with van der Waals surface area (Å²) in [4.78, 5) is 26.1. The molecule has 1 rings (SSSR count). The highest BCUT2D eigenvalue weighted by Crippen LogP contribution is 2.26. The average molecular weight is 391 g/mol. The molecule has 0 aliphatic heterocycles. The Morgan fingerprint density at radius 1 is 1.37 bits per heavy atom. The van der Waals surface area contributed by atoms with E-state index in [0.717, 1.165) is 14.5 Å². The fourth-order valence-corrected chi connectivity index (χ4v) is 2.84. The zero-order valence-electron chi connectivity index (χ0n) is 10.4. The van der Waals surface area contributed by atoms with Crippen LogP contribution in [0.4, 0.5) is 0 Å². The van der Waals surface area contributed by atoms with Gasteiger partial charge in [0.15, 0.2) is 0 Å². The smallest absolute Gasteiger partial charge is 0.310 e. The fourth-order valence-electron chi connectivity index (χ4n) is 1.51. The monoisotopic (exact) mass is 389 g/mol. The van der Waals surface area contributed by atoms with Crippen molar-refractivity contribution in [2.24, 2.45) is 0 Å². The number of aromatic nitrogens is 1. The second-order valence-corrected chi connectivity index (χ2v) is 5.48. The van der Waals surface area contributed by atoms with Gasteiger partial charge in [0, 0.05) is 26.9 Å². The molecule has 0 saturated carbocycles. The van der Waals surface area contributed by atoms with E-state index in [0.29, 0.717) is 25.0 Å². The standard InChI is InChI=1S/C13H13Br2NO3/c1-2-19-13(18)5-9(8-17)3-4-10-11(14)6-16-7-12(10)15/h6-7H,2-5H2,1H3. The van der Waals surface area contributed by atoms with Crippen LogP contribution in [0.1, 0.15) is 25.3 Å². The van der Waals surface area contributed by atoms with Crippen molar-refractivity contribution >= 4 is 43.8 Å². The molecular formula is C13H13Br2NO3. The predicted molar refractivity (Wildman–Crippen MR) is 78.4 cm³/mol. The number of halogens is 2. The molecule has 0 unspecified atom stereocenters. The van der Waals surface area contributed by atoms with Gasteiger partial charge in [-0.25, -0.2) is 4.79 Å². The Kier molecular flexibility index (Phi) is 6.99. The molecule has 0 N–H and O–H groups in total. The molecule has 6 heteroatoms. The molecule has 0 aliphatic rings. The Bertz CT molecular complexity index is 490. The molecule has 0 fully saturated rings. The van der Waals surface area contributed by atoms with Crippen LogP contribution in [0.3, 0.4) is 0 Å². The van der Waals surface area contributed by atoms with Crippen LogP contribution >= 0.6 is 31.9 Å². The van der Waals surface area contributed by atoms with Crippen molar-refractivity contribution in [2.45, 2.75) is 26.2 Å². The molecule has 0 amide bonds. The number of carbonyl (C=O) groups is 1. The molecule has 0 atom stereocenters. The van der Waals surface area contributed by atoms with Gasteiger partial charge in [-0.15, -0.1) is 0 Å². The molecule has 4 nitrogen and oxygen atoms in total. The van der Waals surface area contributed by atoms with E-state index in [-0.39, 0.29) is 6.42 Å². The predicted octanol–water partition coefficient (Wildman–Crippen LogP) is 3.25. The first-order valence-electron chi connectivity index (χ1n) is 5.74. The number of rotatable bonds is 6. The van der Waals surface area contributed by atoms with Crippen LogP contribution in [-0.2, 0) is 20.7 Å². The maximum Gasteiger partial charge on any atom is 0.310 e. The van der Waals surface area contributed by atoms with E-state index in [2.05, 4.69) is 36.8 Å². The van der Waals surface area contributed by atoms with Gasteiger partial charge >= 0.3 is 5.97 Å². The Balaban J connectivity index is 2.64. The number of nitrogens with zero attached hydrogens (tertiary/aromatic N) is 1. The lowest BCUT2D eigenvalue weighted by Crippen LogP contribution is -2.06. The summed E-state index contributed by atoms with van der Waals surface area (Å²) >= 11 is 6.81. The molecule has 1 heterocycles. The summed E-state index contributed by atoms with van der Waals surface area (Å²) in [6.07, 6.45) is 4.46. The van der Waals surface area contributed by atoms with Crippen molar-refractivity contribution in [3.63, 3.8) is 0 Å². The highest BCUT2D eigenvalue weighted by Gasteiger charge is 2.11. The Morgan fingerprint density at radius 2 is 2.00 bits per heavy atom. The first-order valence-corrected chi connectivity index (χ1v) is 7.33. The lowest BCUT2D eigenvalue weighted by Gasteiger charge is -2.07. The maximum absolute atomic E-state index is 11.3. The van der Waals surface area contributed by atoms with E-state index in [9.17, 15) is 9.59 Å². The summed E-state index contributed by atoms with van der Waals surface area (Å²) < 4.78 is 6.53. The van der Waals surface area contributed by atoms with E-state index < -0.39 is 5.97 Å². The first-order chi connectivity index (χ1) is 9.08. The molecule has 0 aliphatic carbocycles. The molecule has 19 heavy (non-hydrogen) atoms. The summed E-state index contributed by atoms with van der Waals surface area (Å²) in [7, 11) is 0. The number of carbonyl (C=O) groups excluding carboxylic acids is 2. The van der Waals surface area contributed by atoms with Crippen molar-refractivity contribution in [3.8, 4) is 0 Å². The zero-order valence-corrected chi connectivity index (χ0v) is 13.6. The van der Waals surface area contributed by atoms with E-state index >= 15 is 0 Å². The molecule has 0 aromatic carbocycles. The number of hydrogen-bond acceptors (Lipinski definition) is 4. The fraction of sp³-hybridized carbons (Fsp3) is 0.385. The van der Waals surface area contributed by atoms with Crippen LogP contribution in [0.15, 0.2) is 26.9 Å². The van der Waals surface area contributed by atoms with Gasteiger partial charge in [0.25, 0.3) is 0 Å². The molecule has 102 valence electrons. The number of ether oxygens (including phenoxy) is 1. The Hall–Kier alpha value is -0.970. The zero-order chi connectivity index (χ0) is 14.3. The van der Waals surface area contributed by atoms with Gasteiger partial charge in [0.1, 0.15) is 5.94 Å². The molecule has 0 radical (unpaired) electrons. The summed E-state index contributed by atoms with van der Waals surface area (Å²) in [6, 6.07) is 0. The van der Waals surface area contributed by atoms with Crippen molar-refractivity contribution in [1.82, 2.24) is 4.98 Å². The Morgan fingerprint density at radius 3 is 2.53 bits per heavy atom. The van der Waals surface area contributed by atoms with Crippen LogP contribution < -0.4 is 0 Å². The lowest BCUT2D eigenvalue weighted by atomic mass is 10.0. The van der Waals surface area contributed by atoms with Crippen LogP contribution in [0.25, 0.3) is 0 Å². The quantitative estimate of drug-likeness (QED) is 0.552. The third kappa shape index (κ3) is 5.27. The van der Waals surface area contributed by atoms with Crippen LogP contribution in [0, 0.1) is 0 Å². The SMILES string of the molecule is CCOC(=O)CC(=C=O)CCc1c(Br)cncc1Br. The molecule has 0 bridgehead atoms. The minimum atomic E-state index is -0.395. The normalized spacial score (nSPS) is 9.84. The summed E-state index contributed by atoms with van der Waals surface area (Å²) in [5.74, 6) is 1.43. The van der Waals surface area contributed by atoms with Gasteiger partial charge in [-0.3, -0.25) is 9.78 Å². The van der Waals surface area contributed by atoms with Gasteiger partial charge in [0.05, 0.1) is 13.0 Å². The van der Waals surface area contributed by atoms with Gasteiger partial charge < -0.3 is 4.74 Å². The summed E-state index contributed by atoms with van der Waals surface area (Å²) in [6.45, 7) is 2.04. The van der Waals surface area contributed by atoms with Crippen molar-refractivity contribution in [3.05, 3.63) is 32.5 Å². The van der Waals surface area contributed by atoms with Gasteiger partial charge in [0.2, 0.25) is 0 Å². The number of esters is 1. The third-order valence-corrected chi connectivity index (χ3v) is 3.80. The topological polar surface area (TPSA) is 56.3 Å². The Labute approximate surface area is 128 Å². The van der Waals surface area contributed by atoms with Crippen molar-refractivity contribution in [2.75, 3.05) is 6.61 Å². The van der Waals surface area contributed by atoms with Crippen molar-refractivity contribution < 1.29 is 14.3 Å². The van der Waals surface area contributed by atoms with Gasteiger partial charge in [-0.1, -0.05) is 0 Å². The second-order valence-electron chi connectivity index (χ2n) is 3.77. The largest absolute Gasteiger partial charge is 0.466 e. The van der Waals surface area contributed by atoms with Crippen LogP contribution in [0.2, 0.25) is 0 Å². The number of hydrogen-bond donors (Lipinski definition) is 0. The highest BCUT2D eigenvalue weighted by molar-refractivity contribution is 9.11.